The minimum atomic E-state index is -3.87. The summed E-state index contributed by atoms with van der Waals surface area (Å²) in [6.07, 6.45) is 2.99. The van der Waals surface area contributed by atoms with E-state index in [0.717, 1.165) is 31.4 Å². The van der Waals surface area contributed by atoms with E-state index in [4.69, 9.17) is 0 Å². The fourth-order valence-electron chi connectivity index (χ4n) is 2.63. The van der Waals surface area contributed by atoms with E-state index in [2.05, 4.69) is 4.72 Å². The first-order valence-electron chi connectivity index (χ1n) is 7.88. The van der Waals surface area contributed by atoms with Crippen LogP contribution in [0.3, 0.4) is 0 Å². The van der Waals surface area contributed by atoms with Gasteiger partial charge in [-0.3, -0.25) is 4.79 Å². The first-order valence-corrected chi connectivity index (χ1v) is 9.36. The summed E-state index contributed by atoms with van der Waals surface area (Å²) in [5.74, 6) is -0.876. The van der Waals surface area contributed by atoms with E-state index in [-0.39, 0.29) is 16.7 Å². The van der Waals surface area contributed by atoms with Gasteiger partial charge in [-0.2, -0.15) is 4.72 Å². The molecule has 1 N–H and O–H groups in total. The predicted octanol–water partition coefficient (Wildman–Crippen LogP) is 2.14. The number of piperidine rings is 1. The third-order valence-corrected chi connectivity index (χ3v) is 5.46. The van der Waals surface area contributed by atoms with Crippen molar-refractivity contribution < 1.29 is 17.6 Å². The lowest BCUT2D eigenvalue weighted by Crippen LogP contribution is -2.52. The lowest BCUT2D eigenvalue weighted by Gasteiger charge is -2.32. The smallest absolute Gasteiger partial charge is 0.241 e. The van der Waals surface area contributed by atoms with Crippen LogP contribution in [0.5, 0.6) is 0 Å². The Hall–Kier alpha value is -1.47. The number of likely N-dealkylation sites (tertiary alicyclic amines) is 1. The first kappa shape index (κ1) is 17.9. The molecule has 128 valence electrons. The number of nitrogens with one attached hydrogen (secondary N) is 1. The van der Waals surface area contributed by atoms with Crippen molar-refractivity contribution >= 4 is 15.9 Å². The van der Waals surface area contributed by atoms with Crippen LogP contribution in [-0.4, -0.2) is 38.4 Å². The van der Waals surface area contributed by atoms with E-state index in [1.54, 1.807) is 18.7 Å². The molecular weight excluding hydrogens is 319 g/mol. The second-order valence-corrected chi connectivity index (χ2v) is 7.90. The molecule has 0 bridgehead atoms. The van der Waals surface area contributed by atoms with Crippen molar-refractivity contribution in [2.75, 3.05) is 13.1 Å². The van der Waals surface area contributed by atoms with Gasteiger partial charge in [-0.15, -0.1) is 0 Å². The largest absolute Gasteiger partial charge is 0.341 e. The van der Waals surface area contributed by atoms with Crippen LogP contribution in [-0.2, 0) is 14.8 Å². The highest BCUT2D eigenvalue weighted by molar-refractivity contribution is 7.89. The number of benzene rings is 1. The Morgan fingerprint density at radius 2 is 1.70 bits per heavy atom. The summed E-state index contributed by atoms with van der Waals surface area (Å²) in [6, 6.07) is 3.75. The van der Waals surface area contributed by atoms with Gasteiger partial charge in [0.05, 0.1) is 4.90 Å². The van der Waals surface area contributed by atoms with Crippen molar-refractivity contribution in [3.8, 4) is 0 Å². The van der Waals surface area contributed by atoms with Gasteiger partial charge in [0.2, 0.25) is 15.9 Å². The fourth-order valence-corrected chi connectivity index (χ4v) is 3.97. The van der Waals surface area contributed by atoms with Gasteiger partial charge in [-0.1, -0.05) is 13.8 Å². The third-order valence-electron chi connectivity index (χ3n) is 4.01. The number of sulfonamides is 1. The molecule has 7 heteroatoms. The van der Waals surface area contributed by atoms with Gasteiger partial charge in [-0.25, -0.2) is 12.8 Å². The summed E-state index contributed by atoms with van der Waals surface area (Å²) in [4.78, 5) is 14.3. The summed E-state index contributed by atoms with van der Waals surface area (Å²) in [7, 11) is -3.87. The van der Waals surface area contributed by atoms with Crippen molar-refractivity contribution in [1.82, 2.24) is 9.62 Å². The predicted molar refractivity (Wildman–Crippen MR) is 85.8 cm³/mol. The molecule has 0 spiro atoms. The highest BCUT2D eigenvalue weighted by Gasteiger charge is 2.32. The topological polar surface area (TPSA) is 66.5 Å². The zero-order chi connectivity index (χ0) is 17.0. The lowest BCUT2D eigenvalue weighted by molar-refractivity contribution is -0.134. The Balaban J connectivity index is 2.17. The molecule has 1 aromatic carbocycles. The molecular formula is C16H23FN2O3S. The molecule has 1 atom stereocenters. The maximum atomic E-state index is 13.0. The summed E-state index contributed by atoms with van der Waals surface area (Å²) in [5, 5.41) is 0. The normalized spacial score (nSPS) is 17.3. The standard InChI is InChI=1S/C16H23FN2O3S/c1-12(2)15(16(20)19-10-4-3-5-11-19)18-23(21,22)14-8-6-13(17)7-9-14/h6-9,12,15,18H,3-5,10-11H2,1-2H3/t15-/m1/s1. The molecule has 1 amide bonds. The van der Waals surface area contributed by atoms with Crippen molar-refractivity contribution in [2.45, 2.75) is 44.0 Å². The zero-order valence-electron chi connectivity index (χ0n) is 13.5. The van der Waals surface area contributed by atoms with Crippen molar-refractivity contribution in [3.05, 3.63) is 30.1 Å². The second-order valence-electron chi connectivity index (χ2n) is 6.18. The maximum absolute atomic E-state index is 13.0. The SMILES string of the molecule is CC(C)[C@@H](NS(=O)(=O)c1ccc(F)cc1)C(=O)N1CCCCC1. The van der Waals surface area contributed by atoms with Crippen LogP contribution in [0.1, 0.15) is 33.1 Å². The van der Waals surface area contributed by atoms with Crippen LogP contribution < -0.4 is 4.72 Å². The van der Waals surface area contributed by atoms with E-state index in [9.17, 15) is 17.6 Å². The molecule has 23 heavy (non-hydrogen) atoms. The number of amides is 1. The molecule has 0 aromatic heterocycles. The molecule has 0 saturated carbocycles. The zero-order valence-corrected chi connectivity index (χ0v) is 14.3. The third kappa shape index (κ3) is 4.51. The van der Waals surface area contributed by atoms with Gasteiger partial charge >= 0.3 is 0 Å². The minimum absolute atomic E-state index is 0.0454. The average molecular weight is 342 g/mol. The average Bonchev–Trinajstić information content (AvgIpc) is 2.53. The van der Waals surface area contributed by atoms with E-state index < -0.39 is 21.9 Å². The minimum Gasteiger partial charge on any atom is -0.341 e. The number of hydrogen-bond acceptors (Lipinski definition) is 3. The second kappa shape index (κ2) is 7.40. The summed E-state index contributed by atoms with van der Waals surface area (Å²) < 4.78 is 40.3. The van der Waals surface area contributed by atoms with Gasteiger partial charge in [0.15, 0.2) is 0 Å². The Labute approximate surface area is 136 Å². The Morgan fingerprint density at radius 3 is 2.22 bits per heavy atom. The van der Waals surface area contributed by atoms with Crippen LogP contribution in [0.2, 0.25) is 0 Å². The Morgan fingerprint density at radius 1 is 1.13 bits per heavy atom. The van der Waals surface area contributed by atoms with Crippen LogP contribution in [0.15, 0.2) is 29.2 Å². The highest BCUT2D eigenvalue weighted by Crippen LogP contribution is 2.16. The molecule has 0 radical (unpaired) electrons. The molecule has 1 aromatic rings. The Kier molecular flexibility index (Phi) is 5.75. The summed E-state index contributed by atoms with van der Waals surface area (Å²) in [6.45, 7) is 4.94. The highest BCUT2D eigenvalue weighted by atomic mass is 32.2. The summed E-state index contributed by atoms with van der Waals surface area (Å²) >= 11 is 0. The van der Waals surface area contributed by atoms with Crippen LogP contribution in [0.25, 0.3) is 0 Å². The van der Waals surface area contributed by atoms with E-state index in [1.807, 2.05) is 0 Å². The van der Waals surface area contributed by atoms with Gasteiger partial charge < -0.3 is 4.90 Å². The first-order chi connectivity index (χ1) is 10.8. The van der Waals surface area contributed by atoms with Crippen LogP contribution >= 0.6 is 0 Å². The van der Waals surface area contributed by atoms with Gasteiger partial charge in [-0.05, 0) is 49.4 Å². The number of rotatable bonds is 5. The van der Waals surface area contributed by atoms with E-state index in [1.165, 1.54) is 12.1 Å². The molecule has 0 aliphatic carbocycles. The number of halogens is 1. The number of carbonyl (C=O) groups is 1. The fraction of sp³-hybridized carbons (Fsp3) is 0.562. The monoisotopic (exact) mass is 342 g/mol. The molecule has 2 rings (SSSR count). The summed E-state index contributed by atoms with van der Waals surface area (Å²) in [5.41, 5.74) is 0. The number of carbonyl (C=O) groups excluding carboxylic acids is 1. The van der Waals surface area contributed by atoms with Crippen LogP contribution in [0, 0.1) is 11.7 Å². The van der Waals surface area contributed by atoms with Gasteiger partial charge in [0, 0.05) is 13.1 Å². The molecule has 0 unspecified atom stereocenters. The quantitative estimate of drug-likeness (QED) is 0.891. The molecule has 1 aliphatic rings. The van der Waals surface area contributed by atoms with Gasteiger partial charge in [0.25, 0.3) is 0 Å². The number of hydrogen-bond donors (Lipinski definition) is 1. The van der Waals surface area contributed by atoms with Crippen molar-refractivity contribution in [1.29, 1.82) is 0 Å². The number of nitrogens with zero attached hydrogens (tertiary/aromatic N) is 1. The molecule has 1 aliphatic heterocycles. The van der Waals surface area contributed by atoms with E-state index >= 15 is 0 Å². The Bertz CT molecular complexity index is 638. The molecule has 5 nitrogen and oxygen atoms in total. The van der Waals surface area contributed by atoms with Crippen molar-refractivity contribution in [2.24, 2.45) is 5.92 Å². The van der Waals surface area contributed by atoms with Crippen LogP contribution in [0.4, 0.5) is 4.39 Å². The van der Waals surface area contributed by atoms with E-state index in [0.29, 0.717) is 13.1 Å². The van der Waals surface area contributed by atoms with Crippen molar-refractivity contribution in [3.63, 3.8) is 0 Å². The maximum Gasteiger partial charge on any atom is 0.241 e. The van der Waals surface area contributed by atoms with Gasteiger partial charge in [0.1, 0.15) is 11.9 Å². The lowest BCUT2D eigenvalue weighted by atomic mass is 10.0. The molecule has 1 heterocycles. The molecule has 1 fully saturated rings. The molecule has 1 saturated heterocycles.